The quantitative estimate of drug-likeness (QED) is 0.238. The van der Waals surface area contributed by atoms with Crippen molar-refractivity contribution in [1.82, 2.24) is 9.88 Å². The van der Waals surface area contributed by atoms with Gasteiger partial charge < -0.3 is 20.1 Å². The molecule has 188 valence electrons. The first kappa shape index (κ1) is 24.5. The Morgan fingerprint density at radius 3 is 2.51 bits per heavy atom. The topological polar surface area (TPSA) is 90.1 Å². The number of amides is 1. The Morgan fingerprint density at radius 1 is 1.00 bits per heavy atom. The Bertz CT molecular complexity index is 1460. The Balaban J connectivity index is 1.28. The summed E-state index contributed by atoms with van der Waals surface area (Å²) in [7, 11) is 0. The molecule has 0 saturated heterocycles. The first-order valence-corrected chi connectivity index (χ1v) is 12.4. The zero-order chi connectivity index (χ0) is 25.8. The lowest BCUT2D eigenvalue weighted by Gasteiger charge is -2.14. The number of aliphatic hydroxyl groups excluding tert-OH is 1. The maximum Gasteiger partial charge on any atom is 0.280 e. The molecule has 0 radical (unpaired) electrons. The zero-order valence-corrected chi connectivity index (χ0v) is 20.7. The van der Waals surface area contributed by atoms with Crippen LogP contribution in [0.4, 0.5) is 5.69 Å². The Hall–Kier alpha value is -4.20. The molecule has 4 aromatic rings. The molecule has 1 atom stereocenters. The van der Waals surface area contributed by atoms with Crippen molar-refractivity contribution in [2.45, 2.75) is 26.0 Å². The van der Waals surface area contributed by atoms with E-state index in [2.05, 4.69) is 10.4 Å². The number of anilines is 1. The molecular formula is C30H30N4O3. The van der Waals surface area contributed by atoms with Crippen LogP contribution in [0.2, 0.25) is 0 Å². The van der Waals surface area contributed by atoms with Gasteiger partial charge in [-0.05, 0) is 61.9 Å². The van der Waals surface area contributed by atoms with Crippen LogP contribution in [0, 0.1) is 0 Å². The lowest BCUT2D eigenvalue weighted by atomic mass is 10.1. The Morgan fingerprint density at radius 2 is 1.73 bits per heavy atom. The van der Waals surface area contributed by atoms with Crippen molar-refractivity contribution < 1.29 is 15.0 Å². The summed E-state index contributed by atoms with van der Waals surface area (Å²) in [6.07, 6.45) is 4.11. The van der Waals surface area contributed by atoms with E-state index in [1.807, 2.05) is 90.5 Å². The summed E-state index contributed by atoms with van der Waals surface area (Å²) in [5, 5.41) is 30.4. The lowest BCUT2D eigenvalue weighted by Crippen LogP contribution is -2.31. The van der Waals surface area contributed by atoms with Gasteiger partial charge >= 0.3 is 0 Å². The van der Waals surface area contributed by atoms with Gasteiger partial charge in [0.25, 0.3) is 5.91 Å². The largest absolute Gasteiger partial charge is 0.508 e. The number of aromatic nitrogens is 1. The van der Waals surface area contributed by atoms with Crippen molar-refractivity contribution >= 4 is 34.3 Å². The second-order valence-corrected chi connectivity index (χ2v) is 9.22. The number of carbonyl (C=O) groups is 1. The number of rotatable bonds is 9. The van der Waals surface area contributed by atoms with E-state index in [0.29, 0.717) is 24.4 Å². The van der Waals surface area contributed by atoms with Gasteiger partial charge in [-0.3, -0.25) is 4.79 Å². The van der Waals surface area contributed by atoms with E-state index in [1.54, 1.807) is 12.1 Å². The molecule has 1 aromatic heterocycles. The molecule has 0 saturated carbocycles. The summed E-state index contributed by atoms with van der Waals surface area (Å²) >= 11 is 0. The third-order valence-corrected chi connectivity index (χ3v) is 6.50. The summed E-state index contributed by atoms with van der Waals surface area (Å²) < 4.78 is 2.04. The van der Waals surface area contributed by atoms with E-state index in [4.69, 9.17) is 0 Å². The molecule has 5 rings (SSSR count). The molecule has 0 aliphatic carbocycles. The molecule has 3 aromatic carbocycles. The fourth-order valence-corrected chi connectivity index (χ4v) is 4.58. The van der Waals surface area contributed by atoms with Gasteiger partial charge in [-0.25, -0.2) is 0 Å². The van der Waals surface area contributed by atoms with Crippen LogP contribution in [-0.2, 0) is 17.8 Å². The maximum absolute atomic E-state index is 13.2. The van der Waals surface area contributed by atoms with Crippen LogP contribution in [0.3, 0.4) is 0 Å². The number of phenols is 1. The van der Waals surface area contributed by atoms with Gasteiger partial charge in [0.2, 0.25) is 0 Å². The zero-order valence-electron chi connectivity index (χ0n) is 20.7. The van der Waals surface area contributed by atoms with Crippen LogP contribution in [0.5, 0.6) is 5.75 Å². The third kappa shape index (κ3) is 5.48. The SMILES string of the molecule is CC1=NN(c2ccccc2)C(=O)C1=Cc1cn(CC(O)CNCCc2ccc(O)cc2)c2ccccc12. The minimum atomic E-state index is -0.582. The van der Waals surface area contributed by atoms with Gasteiger partial charge in [0.15, 0.2) is 0 Å². The van der Waals surface area contributed by atoms with Gasteiger partial charge in [0.05, 0.1) is 23.1 Å². The van der Waals surface area contributed by atoms with Crippen molar-refractivity contribution in [3.63, 3.8) is 0 Å². The molecule has 0 spiro atoms. The smallest absolute Gasteiger partial charge is 0.280 e. The number of fused-ring (bicyclic) bond motifs is 1. The van der Waals surface area contributed by atoms with Crippen LogP contribution >= 0.6 is 0 Å². The minimum absolute atomic E-state index is 0.154. The maximum atomic E-state index is 13.2. The molecular weight excluding hydrogens is 464 g/mol. The number of para-hydroxylation sites is 2. The molecule has 1 amide bonds. The number of carbonyl (C=O) groups excluding carboxylic acids is 1. The number of benzene rings is 3. The lowest BCUT2D eigenvalue weighted by molar-refractivity contribution is -0.114. The number of nitrogens with zero attached hydrogens (tertiary/aromatic N) is 3. The predicted molar refractivity (Wildman–Crippen MR) is 148 cm³/mol. The highest BCUT2D eigenvalue weighted by molar-refractivity contribution is 6.32. The molecule has 37 heavy (non-hydrogen) atoms. The fourth-order valence-electron chi connectivity index (χ4n) is 4.58. The first-order valence-electron chi connectivity index (χ1n) is 12.4. The van der Waals surface area contributed by atoms with Crippen molar-refractivity contribution in [1.29, 1.82) is 0 Å². The first-order chi connectivity index (χ1) is 18.0. The molecule has 0 fully saturated rings. The van der Waals surface area contributed by atoms with Crippen LogP contribution in [0.1, 0.15) is 18.1 Å². The Kier molecular flexibility index (Phi) is 7.16. The van der Waals surface area contributed by atoms with Crippen LogP contribution in [0.25, 0.3) is 17.0 Å². The van der Waals surface area contributed by atoms with Gasteiger partial charge in [0, 0.05) is 35.8 Å². The monoisotopic (exact) mass is 494 g/mol. The number of phenolic OH excluding ortho intramolecular Hbond substituents is 1. The summed E-state index contributed by atoms with van der Waals surface area (Å²) in [5.41, 5.74) is 5.00. The second-order valence-electron chi connectivity index (χ2n) is 9.22. The standard InChI is InChI=1S/C30H30N4O3/c1-21-28(30(37)34(32-21)24-7-3-2-4-8-24)17-23-19-33(29-10-6-5-9-27(23)29)20-26(36)18-31-16-15-22-11-13-25(35)14-12-22/h2-14,17,19,26,31,35-36H,15-16,18,20H2,1H3. The summed E-state index contributed by atoms with van der Waals surface area (Å²) in [6.45, 7) is 3.45. The molecule has 0 bridgehead atoms. The van der Waals surface area contributed by atoms with E-state index < -0.39 is 6.10 Å². The normalized spacial score (nSPS) is 15.5. The number of aromatic hydroxyl groups is 1. The van der Waals surface area contributed by atoms with Gasteiger partial charge in [-0.2, -0.15) is 10.1 Å². The summed E-state index contributed by atoms with van der Waals surface area (Å²) in [6, 6.07) is 24.6. The third-order valence-electron chi connectivity index (χ3n) is 6.50. The van der Waals surface area contributed by atoms with E-state index in [1.165, 1.54) is 5.01 Å². The van der Waals surface area contributed by atoms with Crippen LogP contribution in [-0.4, -0.2) is 45.6 Å². The molecule has 7 heteroatoms. The number of hydrogen-bond acceptors (Lipinski definition) is 5. The molecule has 1 unspecified atom stereocenters. The number of hydrogen-bond donors (Lipinski definition) is 3. The predicted octanol–water partition coefficient (Wildman–Crippen LogP) is 4.35. The van der Waals surface area contributed by atoms with Crippen molar-refractivity contribution in [2.24, 2.45) is 5.10 Å². The molecule has 7 nitrogen and oxygen atoms in total. The van der Waals surface area contributed by atoms with Crippen LogP contribution in [0.15, 0.2) is 95.7 Å². The van der Waals surface area contributed by atoms with Crippen LogP contribution < -0.4 is 10.3 Å². The molecule has 1 aliphatic heterocycles. The second kappa shape index (κ2) is 10.8. The van der Waals surface area contributed by atoms with Gasteiger partial charge in [-0.1, -0.05) is 48.5 Å². The number of aliphatic hydroxyl groups is 1. The number of hydrazone groups is 1. The highest BCUT2D eigenvalue weighted by atomic mass is 16.3. The molecule has 2 heterocycles. The summed E-state index contributed by atoms with van der Waals surface area (Å²) in [5.74, 6) is 0.104. The van der Waals surface area contributed by atoms with Crippen molar-refractivity contribution in [2.75, 3.05) is 18.1 Å². The van der Waals surface area contributed by atoms with Crippen molar-refractivity contribution in [3.8, 4) is 5.75 Å². The van der Waals surface area contributed by atoms with E-state index in [-0.39, 0.29) is 11.7 Å². The van der Waals surface area contributed by atoms with E-state index >= 15 is 0 Å². The minimum Gasteiger partial charge on any atom is -0.508 e. The van der Waals surface area contributed by atoms with Gasteiger partial charge in [0.1, 0.15) is 5.75 Å². The van der Waals surface area contributed by atoms with Crippen molar-refractivity contribution in [3.05, 3.63) is 102 Å². The average Bonchev–Trinajstić information content (AvgIpc) is 3.40. The highest BCUT2D eigenvalue weighted by Gasteiger charge is 2.29. The van der Waals surface area contributed by atoms with E-state index in [9.17, 15) is 15.0 Å². The molecule has 1 aliphatic rings. The summed E-state index contributed by atoms with van der Waals surface area (Å²) in [4.78, 5) is 13.2. The fraction of sp³-hybridized carbons (Fsp3) is 0.200. The average molecular weight is 495 g/mol. The van der Waals surface area contributed by atoms with Gasteiger partial charge in [-0.15, -0.1) is 0 Å². The van der Waals surface area contributed by atoms with E-state index in [0.717, 1.165) is 40.7 Å². The molecule has 3 N–H and O–H groups in total. The number of nitrogens with one attached hydrogen (secondary N) is 1. The Labute approximate surface area is 216 Å². The highest BCUT2D eigenvalue weighted by Crippen LogP contribution is 2.28.